The summed E-state index contributed by atoms with van der Waals surface area (Å²) in [6.45, 7) is 1.90. The molecule has 2 aromatic rings. The molecule has 72 valence electrons. The molecule has 0 bridgehead atoms. The van der Waals surface area contributed by atoms with Crippen molar-refractivity contribution in [1.82, 2.24) is 14.5 Å². The van der Waals surface area contributed by atoms with Crippen molar-refractivity contribution < 1.29 is 0 Å². The average molecular weight is 189 g/mol. The molecule has 0 aliphatic carbocycles. The third kappa shape index (κ3) is 1.28. The normalized spacial score (nSPS) is 10.4. The van der Waals surface area contributed by atoms with Crippen LogP contribution in [-0.2, 0) is 0 Å². The first kappa shape index (κ1) is 8.55. The van der Waals surface area contributed by atoms with Crippen LogP contribution < -0.4 is 11.5 Å². The second-order valence-electron chi connectivity index (χ2n) is 3.06. The molecule has 0 saturated heterocycles. The fraction of sp³-hybridized carbons (Fsp3) is 0.111. The summed E-state index contributed by atoms with van der Waals surface area (Å²) >= 11 is 0. The lowest BCUT2D eigenvalue weighted by molar-refractivity contribution is 0.998. The summed E-state index contributed by atoms with van der Waals surface area (Å²) in [4.78, 5) is 8.23. The number of nitrogen functional groups attached to an aromatic ring is 2. The van der Waals surface area contributed by atoms with E-state index in [2.05, 4.69) is 9.97 Å². The number of hydrogen-bond acceptors (Lipinski definition) is 4. The first-order chi connectivity index (χ1) is 6.68. The van der Waals surface area contributed by atoms with Crippen molar-refractivity contribution in [2.75, 3.05) is 11.5 Å². The Balaban J connectivity index is 2.57. The van der Waals surface area contributed by atoms with E-state index >= 15 is 0 Å². The van der Waals surface area contributed by atoms with Gasteiger partial charge in [-0.3, -0.25) is 4.57 Å². The lowest BCUT2D eigenvalue weighted by Gasteiger charge is -2.06. The van der Waals surface area contributed by atoms with Gasteiger partial charge in [0.25, 0.3) is 0 Å². The number of anilines is 2. The second-order valence-corrected chi connectivity index (χ2v) is 3.06. The number of imidazole rings is 1. The Hall–Kier alpha value is -2.04. The summed E-state index contributed by atoms with van der Waals surface area (Å²) in [5.74, 6) is 0.616. The highest BCUT2D eigenvalue weighted by Gasteiger charge is 2.05. The minimum Gasteiger partial charge on any atom is -0.397 e. The molecular formula is C9H11N5. The van der Waals surface area contributed by atoms with E-state index in [0.717, 1.165) is 5.69 Å². The summed E-state index contributed by atoms with van der Waals surface area (Å²) in [6, 6.07) is 1.67. The van der Waals surface area contributed by atoms with E-state index in [1.807, 2.05) is 13.1 Å². The molecule has 0 radical (unpaired) electrons. The predicted octanol–water partition coefficient (Wildman–Crippen LogP) is 0.740. The number of nitrogens with zero attached hydrogens (tertiary/aromatic N) is 3. The molecule has 2 aromatic heterocycles. The van der Waals surface area contributed by atoms with Gasteiger partial charge in [-0.2, -0.15) is 0 Å². The van der Waals surface area contributed by atoms with Gasteiger partial charge in [0.15, 0.2) is 5.82 Å². The maximum atomic E-state index is 5.79. The van der Waals surface area contributed by atoms with Gasteiger partial charge >= 0.3 is 0 Å². The molecule has 0 aromatic carbocycles. The van der Waals surface area contributed by atoms with Crippen molar-refractivity contribution in [3.8, 4) is 5.82 Å². The van der Waals surface area contributed by atoms with Crippen LogP contribution in [0.25, 0.3) is 5.82 Å². The number of pyridine rings is 1. The van der Waals surface area contributed by atoms with E-state index in [4.69, 9.17) is 11.5 Å². The second kappa shape index (κ2) is 3.02. The van der Waals surface area contributed by atoms with Crippen LogP contribution in [0.15, 0.2) is 24.8 Å². The van der Waals surface area contributed by atoms with Crippen molar-refractivity contribution in [2.45, 2.75) is 6.92 Å². The van der Waals surface area contributed by atoms with Gasteiger partial charge in [0.2, 0.25) is 0 Å². The van der Waals surface area contributed by atoms with Crippen LogP contribution in [0.3, 0.4) is 0 Å². The van der Waals surface area contributed by atoms with Crippen LogP contribution in [0.4, 0.5) is 11.4 Å². The first-order valence-electron chi connectivity index (χ1n) is 4.19. The zero-order chi connectivity index (χ0) is 10.1. The first-order valence-corrected chi connectivity index (χ1v) is 4.19. The summed E-state index contributed by atoms with van der Waals surface area (Å²) in [5.41, 5.74) is 13.4. The maximum Gasteiger partial charge on any atom is 0.163 e. The Morgan fingerprint density at radius 1 is 1.29 bits per heavy atom. The molecule has 4 N–H and O–H groups in total. The van der Waals surface area contributed by atoms with E-state index < -0.39 is 0 Å². The minimum atomic E-state index is 0.477. The SMILES string of the molecule is Cc1cn(-c2nccc(N)c2N)cn1. The quantitative estimate of drug-likeness (QED) is 0.693. The van der Waals surface area contributed by atoms with Crippen LogP contribution in [0, 0.1) is 6.92 Å². The Kier molecular flexibility index (Phi) is 1.85. The number of aromatic nitrogens is 3. The van der Waals surface area contributed by atoms with Gasteiger partial charge in [-0.05, 0) is 13.0 Å². The fourth-order valence-corrected chi connectivity index (χ4v) is 1.22. The zero-order valence-corrected chi connectivity index (χ0v) is 7.81. The molecule has 0 saturated carbocycles. The number of hydrogen-bond donors (Lipinski definition) is 2. The molecule has 5 heteroatoms. The molecule has 0 unspecified atom stereocenters. The summed E-state index contributed by atoms with van der Waals surface area (Å²) in [6.07, 6.45) is 5.13. The third-order valence-electron chi connectivity index (χ3n) is 1.96. The van der Waals surface area contributed by atoms with E-state index in [0.29, 0.717) is 17.2 Å². The number of aryl methyl sites for hydroxylation is 1. The zero-order valence-electron chi connectivity index (χ0n) is 7.81. The topological polar surface area (TPSA) is 82.8 Å². The molecule has 0 aliphatic heterocycles. The van der Waals surface area contributed by atoms with E-state index in [9.17, 15) is 0 Å². The van der Waals surface area contributed by atoms with E-state index in [-0.39, 0.29) is 0 Å². The molecule has 14 heavy (non-hydrogen) atoms. The molecule has 0 amide bonds. The highest BCUT2D eigenvalue weighted by atomic mass is 15.1. The van der Waals surface area contributed by atoms with Crippen molar-refractivity contribution in [2.24, 2.45) is 0 Å². The molecule has 2 rings (SSSR count). The third-order valence-corrected chi connectivity index (χ3v) is 1.96. The van der Waals surface area contributed by atoms with Crippen LogP contribution in [0.5, 0.6) is 0 Å². The highest BCUT2D eigenvalue weighted by Crippen LogP contribution is 2.20. The van der Waals surface area contributed by atoms with Crippen molar-refractivity contribution in [1.29, 1.82) is 0 Å². The van der Waals surface area contributed by atoms with Gasteiger partial charge in [-0.1, -0.05) is 0 Å². The van der Waals surface area contributed by atoms with E-state index in [1.54, 1.807) is 23.2 Å². The van der Waals surface area contributed by atoms with Gasteiger partial charge < -0.3 is 11.5 Å². The van der Waals surface area contributed by atoms with Crippen LogP contribution in [0.1, 0.15) is 5.69 Å². The molecule has 0 aliphatic rings. The molecule has 0 atom stereocenters. The summed E-state index contributed by atoms with van der Waals surface area (Å²) < 4.78 is 1.75. The molecule has 2 heterocycles. The number of rotatable bonds is 1. The largest absolute Gasteiger partial charge is 0.397 e. The van der Waals surface area contributed by atoms with Crippen molar-refractivity contribution in [3.63, 3.8) is 0 Å². The monoisotopic (exact) mass is 189 g/mol. The van der Waals surface area contributed by atoms with E-state index in [1.165, 1.54) is 0 Å². The predicted molar refractivity (Wildman–Crippen MR) is 54.9 cm³/mol. The van der Waals surface area contributed by atoms with Crippen LogP contribution in [0.2, 0.25) is 0 Å². The van der Waals surface area contributed by atoms with Gasteiger partial charge in [0.05, 0.1) is 17.1 Å². The fourth-order valence-electron chi connectivity index (χ4n) is 1.22. The average Bonchev–Trinajstić information content (AvgIpc) is 2.57. The summed E-state index contributed by atoms with van der Waals surface area (Å²) in [7, 11) is 0. The molecule has 0 fully saturated rings. The smallest absolute Gasteiger partial charge is 0.163 e. The van der Waals surface area contributed by atoms with Crippen LogP contribution >= 0.6 is 0 Å². The minimum absolute atomic E-state index is 0.477. The Labute approximate surface area is 81.4 Å². The standard InChI is InChI=1S/C9H11N5/c1-6-4-14(5-13-6)9-8(11)7(10)2-3-12-9/h2-5H,11H2,1H3,(H2,10,12). The molecular weight excluding hydrogens is 178 g/mol. The van der Waals surface area contributed by atoms with Gasteiger partial charge in [-0.25, -0.2) is 9.97 Å². The Morgan fingerprint density at radius 2 is 2.07 bits per heavy atom. The van der Waals surface area contributed by atoms with Gasteiger partial charge in [-0.15, -0.1) is 0 Å². The lowest BCUT2D eigenvalue weighted by atomic mass is 10.3. The Morgan fingerprint density at radius 3 is 2.71 bits per heavy atom. The van der Waals surface area contributed by atoms with Gasteiger partial charge in [0, 0.05) is 12.4 Å². The molecule has 5 nitrogen and oxygen atoms in total. The van der Waals surface area contributed by atoms with Crippen molar-refractivity contribution in [3.05, 3.63) is 30.5 Å². The lowest BCUT2D eigenvalue weighted by Crippen LogP contribution is -2.03. The summed E-state index contributed by atoms with van der Waals surface area (Å²) in [5, 5.41) is 0. The van der Waals surface area contributed by atoms with Crippen molar-refractivity contribution >= 4 is 11.4 Å². The Bertz CT molecular complexity index is 460. The maximum absolute atomic E-state index is 5.79. The van der Waals surface area contributed by atoms with Gasteiger partial charge in [0.1, 0.15) is 6.33 Å². The highest BCUT2D eigenvalue weighted by molar-refractivity contribution is 5.70. The van der Waals surface area contributed by atoms with Crippen LogP contribution in [-0.4, -0.2) is 14.5 Å². The number of nitrogens with two attached hydrogens (primary N) is 2. The molecule has 0 spiro atoms.